The van der Waals surface area contributed by atoms with Crippen molar-refractivity contribution >= 4 is 45.3 Å². The molecule has 0 N–H and O–H groups in total. The second-order valence-corrected chi connectivity index (χ2v) is 8.86. The Morgan fingerprint density at radius 2 is 0.955 bits per heavy atom. The van der Waals surface area contributed by atoms with E-state index in [4.69, 9.17) is 0 Å². The average Bonchev–Trinajstić information content (AvgIpc) is 3.22. The summed E-state index contributed by atoms with van der Waals surface area (Å²) in [5.41, 5.74) is 5.51. The third-order valence-corrected chi connectivity index (χ3v) is 7.84. The van der Waals surface area contributed by atoms with Crippen molar-refractivity contribution in [2.45, 2.75) is 13.8 Å². The molecule has 0 spiro atoms. The molecule has 0 atom stereocenters. The van der Waals surface area contributed by atoms with Gasteiger partial charge in [-0.15, -0.1) is 45.3 Å². The van der Waals surface area contributed by atoms with Crippen LogP contribution in [0, 0.1) is 13.8 Å². The highest BCUT2D eigenvalue weighted by molar-refractivity contribution is 7.22. The third kappa shape index (κ3) is 2.31. The Morgan fingerprint density at radius 3 is 1.55 bits per heavy atom. The van der Waals surface area contributed by atoms with Crippen LogP contribution in [0.4, 0.5) is 0 Å². The van der Waals surface area contributed by atoms with E-state index >= 15 is 0 Å². The largest absolute Gasteiger partial charge is 0.143 e. The maximum Gasteiger partial charge on any atom is 0.0532 e. The van der Waals surface area contributed by atoms with Crippen LogP contribution in [0.25, 0.3) is 30.6 Å². The van der Waals surface area contributed by atoms with Gasteiger partial charge in [0, 0.05) is 25.8 Å². The van der Waals surface area contributed by atoms with Crippen LogP contribution in [0.1, 0.15) is 11.1 Å². The predicted octanol–water partition coefficient (Wildman–Crippen LogP) is 7.55. The molecule has 4 heteroatoms. The lowest BCUT2D eigenvalue weighted by molar-refractivity contribution is 1.55. The zero-order chi connectivity index (χ0) is 15.1. The molecule has 0 bridgehead atoms. The SMILES string of the molecule is Cc1ccsc1-c1ccsc1-c1ccsc1-c1sccc1C. The van der Waals surface area contributed by atoms with Crippen molar-refractivity contribution in [3.63, 3.8) is 0 Å². The quantitative estimate of drug-likeness (QED) is 0.354. The highest BCUT2D eigenvalue weighted by Gasteiger charge is 2.18. The summed E-state index contributed by atoms with van der Waals surface area (Å²) in [5.74, 6) is 0. The normalized spacial score (nSPS) is 11.2. The molecule has 0 unspecified atom stereocenters. The van der Waals surface area contributed by atoms with Gasteiger partial charge < -0.3 is 0 Å². The maximum atomic E-state index is 2.28. The summed E-state index contributed by atoms with van der Waals surface area (Å²) in [6.45, 7) is 4.40. The molecule has 110 valence electrons. The first-order chi connectivity index (χ1) is 10.8. The second-order valence-electron chi connectivity index (χ2n) is 5.19. The molecule has 4 aromatic rings. The molecule has 0 radical (unpaired) electrons. The van der Waals surface area contributed by atoms with Gasteiger partial charge in [0.15, 0.2) is 0 Å². The highest BCUT2D eigenvalue weighted by Crippen LogP contribution is 2.47. The average molecular weight is 359 g/mol. The van der Waals surface area contributed by atoms with E-state index in [1.807, 2.05) is 45.3 Å². The fourth-order valence-electron chi connectivity index (χ4n) is 2.61. The molecule has 0 nitrogen and oxygen atoms in total. The standard InChI is InChI=1S/C18H14S4/c1-11-3-7-19-15(11)13-5-9-21-17(13)14-6-10-22-18(14)16-12(2)4-8-20-16/h3-10H,1-2H3. The molecule has 0 aliphatic heterocycles. The molecule has 4 rings (SSSR count). The molecule has 0 aliphatic rings. The minimum absolute atomic E-state index is 1.37. The maximum absolute atomic E-state index is 2.28. The number of hydrogen-bond donors (Lipinski definition) is 0. The summed E-state index contributed by atoms with van der Waals surface area (Å²) < 4.78 is 0. The fourth-order valence-corrected chi connectivity index (χ4v) is 6.71. The Bertz CT molecular complexity index is 840. The van der Waals surface area contributed by atoms with Crippen LogP contribution < -0.4 is 0 Å². The summed E-state index contributed by atoms with van der Waals surface area (Å²) in [6, 6.07) is 8.96. The van der Waals surface area contributed by atoms with Gasteiger partial charge in [0.1, 0.15) is 0 Å². The van der Waals surface area contributed by atoms with Crippen molar-refractivity contribution in [3.05, 3.63) is 56.9 Å². The van der Waals surface area contributed by atoms with E-state index < -0.39 is 0 Å². The fraction of sp³-hybridized carbons (Fsp3) is 0.111. The van der Waals surface area contributed by atoms with E-state index in [1.54, 1.807) is 0 Å². The lowest BCUT2D eigenvalue weighted by Gasteiger charge is -2.05. The Kier molecular flexibility index (Phi) is 3.78. The minimum atomic E-state index is 1.37. The van der Waals surface area contributed by atoms with E-state index in [0.717, 1.165) is 0 Å². The highest BCUT2D eigenvalue weighted by atomic mass is 32.1. The monoisotopic (exact) mass is 358 g/mol. The first kappa shape index (κ1) is 14.4. The molecule has 0 saturated heterocycles. The topological polar surface area (TPSA) is 0 Å². The smallest absolute Gasteiger partial charge is 0.0532 e. The molecule has 0 aliphatic carbocycles. The molecule has 0 aromatic carbocycles. The minimum Gasteiger partial charge on any atom is -0.143 e. The molecular formula is C18H14S4. The van der Waals surface area contributed by atoms with Gasteiger partial charge in [-0.25, -0.2) is 0 Å². The predicted molar refractivity (Wildman–Crippen MR) is 104 cm³/mol. The van der Waals surface area contributed by atoms with Gasteiger partial charge in [-0.3, -0.25) is 0 Å². The number of rotatable bonds is 3. The number of aryl methyl sites for hydroxylation is 2. The van der Waals surface area contributed by atoms with Crippen molar-refractivity contribution in [2.24, 2.45) is 0 Å². The summed E-state index contributed by atoms with van der Waals surface area (Å²) in [5, 5.41) is 8.80. The van der Waals surface area contributed by atoms with Crippen LogP contribution in [-0.2, 0) is 0 Å². The van der Waals surface area contributed by atoms with Crippen LogP contribution >= 0.6 is 45.3 Å². The van der Waals surface area contributed by atoms with Crippen LogP contribution in [0.5, 0.6) is 0 Å². The van der Waals surface area contributed by atoms with Gasteiger partial charge >= 0.3 is 0 Å². The Labute approximate surface area is 146 Å². The van der Waals surface area contributed by atoms with Gasteiger partial charge in [0.2, 0.25) is 0 Å². The number of thiophene rings is 4. The molecule has 0 amide bonds. The van der Waals surface area contributed by atoms with Crippen molar-refractivity contribution in [1.29, 1.82) is 0 Å². The first-order valence-electron chi connectivity index (χ1n) is 7.00. The van der Waals surface area contributed by atoms with Crippen LogP contribution in [0.3, 0.4) is 0 Å². The van der Waals surface area contributed by atoms with Gasteiger partial charge in [-0.2, -0.15) is 0 Å². The van der Waals surface area contributed by atoms with Crippen molar-refractivity contribution < 1.29 is 0 Å². The lowest BCUT2D eigenvalue weighted by Crippen LogP contribution is -1.79. The van der Waals surface area contributed by atoms with Crippen molar-refractivity contribution in [2.75, 3.05) is 0 Å². The first-order valence-corrected chi connectivity index (χ1v) is 10.5. The summed E-state index contributed by atoms with van der Waals surface area (Å²) in [7, 11) is 0. The Morgan fingerprint density at radius 1 is 0.500 bits per heavy atom. The number of hydrogen-bond acceptors (Lipinski definition) is 4. The van der Waals surface area contributed by atoms with Crippen molar-refractivity contribution in [1.82, 2.24) is 0 Å². The molecule has 22 heavy (non-hydrogen) atoms. The van der Waals surface area contributed by atoms with Crippen molar-refractivity contribution in [3.8, 4) is 30.6 Å². The molecule has 0 saturated carbocycles. The van der Waals surface area contributed by atoms with E-state index in [-0.39, 0.29) is 0 Å². The molecule has 4 heterocycles. The van der Waals surface area contributed by atoms with Crippen LogP contribution in [0.2, 0.25) is 0 Å². The summed E-state index contributed by atoms with van der Waals surface area (Å²) >= 11 is 7.38. The molecular weight excluding hydrogens is 344 g/mol. The molecule has 0 fully saturated rings. The Balaban J connectivity index is 1.89. The van der Waals surface area contributed by atoms with Crippen LogP contribution in [-0.4, -0.2) is 0 Å². The van der Waals surface area contributed by atoms with Gasteiger partial charge in [-0.1, -0.05) is 0 Å². The van der Waals surface area contributed by atoms with Crippen LogP contribution in [0.15, 0.2) is 45.8 Å². The summed E-state index contributed by atoms with van der Waals surface area (Å²) in [6.07, 6.45) is 0. The lowest BCUT2D eigenvalue weighted by atomic mass is 10.1. The zero-order valence-corrected chi connectivity index (χ0v) is 15.5. The second kappa shape index (κ2) is 5.78. The third-order valence-electron chi connectivity index (χ3n) is 3.75. The van der Waals surface area contributed by atoms with E-state index in [1.165, 1.54) is 41.8 Å². The van der Waals surface area contributed by atoms with Gasteiger partial charge in [0.25, 0.3) is 0 Å². The van der Waals surface area contributed by atoms with E-state index in [0.29, 0.717) is 0 Å². The van der Waals surface area contributed by atoms with E-state index in [9.17, 15) is 0 Å². The zero-order valence-electron chi connectivity index (χ0n) is 12.3. The summed E-state index contributed by atoms with van der Waals surface area (Å²) in [4.78, 5) is 5.61. The van der Waals surface area contributed by atoms with Gasteiger partial charge in [-0.05, 0) is 70.8 Å². The van der Waals surface area contributed by atoms with E-state index in [2.05, 4.69) is 59.6 Å². The molecule has 4 aromatic heterocycles. The Hall–Kier alpha value is -1.20. The van der Waals surface area contributed by atoms with Gasteiger partial charge in [0.05, 0.1) is 4.88 Å².